The molecule has 3 aromatic rings. The lowest BCUT2D eigenvalue weighted by atomic mass is 10.2. The van der Waals surface area contributed by atoms with Gasteiger partial charge in [0, 0.05) is 37.9 Å². The monoisotopic (exact) mass is 377 g/mol. The maximum Gasteiger partial charge on any atom is 0.223 e. The van der Waals surface area contributed by atoms with Gasteiger partial charge in [-0.2, -0.15) is 0 Å². The molecule has 0 saturated heterocycles. The molecule has 2 aromatic carbocycles. The first-order chi connectivity index (χ1) is 13.6. The van der Waals surface area contributed by atoms with Crippen LogP contribution in [-0.4, -0.2) is 28.2 Å². The number of aryl methyl sites for hydroxylation is 1. The van der Waals surface area contributed by atoms with Gasteiger partial charge in [-0.1, -0.05) is 60.7 Å². The summed E-state index contributed by atoms with van der Waals surface area (Å²) >= 11 is 0. The van der Waals surface area contributed by atoms with Crippen molar-refractivity contribution in [3.05, 3.63) is 78.3 Å². The van der Waals surface area contributed by atoms with E-state index in [1.165, 1.54) is 0 Å². The topological polar surface area (TPSA) is 89.4 Å². The minimum absolute atomic E-state index is 0.0652. The fraction of sp³-hybridized carbons (Fsp3) is 0.227. The van der Waals surface area contributed by atoms with Crippen LogP contribution in [0, 0.1) is 0 Å². The Labute approximate surface area is 164 Å². The Hall–Kier alpha value is -3.41. The van der Waals surface area contributed by atoms with E-state index in [0.29, 0.717) is 31.2 Å². The van der Waals surface area contributed by atoms with E-state index < -0.39 is 5.91 Å². The summed E-state index contributed by atoms with van der Waals surface area (Å²) < 4.78 is 5.76. The highest BCUT2D eigenvalue weighted by molar-refractivity contribution is 5.78. The van der Waals surface area contributed by atoms with Crippen molar-refractivity contribution in [2.24, 2.45) is 5.73 Å². The molecular formula is C22H23N3O3. The lowest BCUT2D eigenvalue weighted by Crippen LogP contribution is -2.33. The lowest BCUT2D eigenvalue weighted by molar-refractivity contribution is -0.132. The van der Waals surface area contributed by atoms with Gasteiger partial charge in [0.2, 0.25) is 11.8 Å². The van der Waals surface area contributed by atoms with E-state index in [1.807, 2.05) is 60.7 Å². The maximum absolute atomic E-state index is 12.7. The number of primary amides is 1. The van der Waals surface area contributed by atoms with Crippen molar-refractivity contribution in [3.8, 4) is 11.3 Å². The summed E-state index contributed by atoms with van der Waals surface area (Å²) in [5.41, 5.74) is 7.20. The summed E-state index contributed by atoms with van der Waals surface area (Å²) in [5, 5.41) is 0. The molecule has 28 heavy (non-hydrogen) atoms. The van der Waals surface area contributed by atoms with Crippen LogP contribution in [0.25, 0.3) is 11.3 Å². The van der Waals surface area contributed by atoms with Crippen molar-refractivity contribution in [1.82, 2.24) is 9.88 Å². The van der Waals surface area contributed by atoms with Gasteiger partial charge < -0.3 is 15.1 Å². The van der Waals surface area contributed by atoms with E-state index in [4.69, 9.17) is 10.2 Å². The highest BCUT2D eigenvalue weighted by atomic mass is 16.4. The first-order valence-corrected chi connectivity index (χ1v) is 9.22. The molecule has 2 amide bonds. The van der Waals surface area contributed by atoms with Crippen LogP contribution in [0.4, 0.5) is 0 Å². The number of oxazole rings is 1. The number of carbonyl (C=O) groups is 2. The normalized spacial score (nSPS) is 10.6. The van der Waals surface area contributed by atoms with Crippen LogP contribution in [-0.2, 0) is 22.6 Å². The smallest absolute Gasteiger partial charge is 0.223 e. The molecular weight excluding hydrogens is 354 g/mol. The molecule has 0 bridgehead atoms. The first kappa shape index (κ1) is 19.4. The molecule has 3 rings (SSSR count). The van der Waals surface area contributed by atoms with Gasteiger partial charge in [-0.15, -0.1) is 0 Å². The quantitative estimate of drug-likeness (QED) is 0.620. The molecule has 0 aliphatic carbocycles. The highest BCUT2D eigenvalue weighted by Crippen LogP contribution is 2.20. The van der Waals surface area contributed by atoms with Crippen LogP contribution in [0.2, 0.25) is 0 Å². The summed E-state index contributed by atoms with van der Waals surface area (Å²) in [5.74, 6) is 0.704. The van der Waals surface area contributed by atoms with Crippen LogP contribution in [0.3, 0.4) is 0 Å². The summed E-state index contributed by atoms with van der Waals surface area (Å²) in [4.78, 5) is 29.8. The van der Waals surface area contributed by atoms with Crippen LogP contribution >= 0.6 is 0 Å². The van der Waals surface area contributed by atoms with Gasteiger partial charge in [-0.3, -0.25) is 9.59 Å². The van der Waals surface area contributed by atoms with E-state index in [2.05, 4.69) is 4.98 Å². The second-order valence-electron chi connectivity index (χ2n) is 6.50. The third-order valence-electron chi connectivity index (χ3n) is 4.36. The summed E-state index contributed by atoms with van der Waals surface area (Å²) in [6.07, 6.45) is 2.45. The van der Waals surface area contributed by atoms with Gasteiger partial charge in [0.25, 0.3) is 0 Å². The summed E-state index contributed by atoms with van der Waals surface area (Å²) in [7, 11) is 0. The zero-order valence-electron chi connectivity index (χ0n) is 15.6. The molecule has 1 heterocycles. The number of amides is 2. The second kappa shape index (κ2) is 9.50. The minimum Gasteiger partial charge on any atom is -0.441 e. The Balaban J connectivity index is 1.61. The Morgan fingerprint density at radius 2 is 1.64 bits per heavy atom. The number of rotatable bonds is 9. The average Bonchev–Trinajstić information content (AvgIpc) is 3.20. The molecule has 0 aliphatic heterocycles. The van der Waals surface area contributed by atoms with Crippen molar-refractivity contribution < 1.29 is 14.0 Å². The summed E-state index contributed by atoms with van der Waals surface area (Å²) in [6, 6.07) is 19.4. The molecule has 6 nitrogen and oxygen atoms in total. The number of nitrogens with zero attached hydrogens (tertiary/aromatic N) is 2. The van der Waals surface area contributed by atoms with Crippen LogP contribution in [0.5, 0.6) is 0 Å². The number of carbonyl (C=O) groups excluding carboxylic acids is 2. The first-order valence-electron chi connectivity index (χ1n) is 9.22. The van der Waals surface area contributed by atoms with Crippen molar-refractivity contribution in [1.29, 1.82) is 0 Å². The van der Waals surface area contributed by atoms with E-state index in [1.54, 1.807) is 11.1 Å². The van der Waals surface area contributed by atoms with Crippen LogP contribution in [0.15, 0.2) is 71.3 Å². The molecule has 2 N–H and O–H groups in total. The Morgan fingerprint density at radius 3 is 2.32 bits per heavy atom. The molecule has 0 atom stereocenters. The molecule has 0 saturated carbocycles. The van der Waals surface area contributed by atoms with Gasteiger partial charge >= 0.3 is 0 Å². The van der Waals surface area contributed by atoms with E-state index in [0.717, 1.165) is 11.1 Å². The molecule has 144 valence electrons. The Kier molecular flexibility index (Phi) is 6.57. The predicted octanol–water partition coefficient (Wildman–Crippen LogP) is 3.18. The van der Waals surface area contributed by atoms with Crippen molar-refractivity contribution in [2.75, 3.05) is 6.54 Å². The second-order valence-corrected chi connectivity index (χ2v) is 6.50. The number of hydrogen-bond acceptors (Lipinski definition) is 4. The summed E-state index contributed by atoms with van der Waals surface area (Å²) in [6.45, 7) is 0.734. The predicted molar refractivity (Wildman–Crippen MR) is 106 cm³/mol. The van der Waals surface area contributed by atoms with Gasteiger partial charge in [0.1, 0.15) is 0 Å². The van der Waals surface area contributed by atoms with Crippen molar-refractivity contribution in [3.63, 3.8) is 0 Å². The zero-order valence-corrected chi connectivity index (χ0v) is 15.6. The Bertz CT molecular complexity index is 907. The third kappa shape index (κ3) is 5.54. The van der Waals surface area contributed by atoms with Gasteiger partial charge in [0.15, 0.2) is 11.7 Å². The van der Waals surface area contributed by atoms with E-state index in [9.17, 15) is 9.59 Å². The highest BCUT2D eigenvalue weighted by Gasteiger charge is 2.16. The van der Waals surface area contributed by atoms with E-state index in [-0.39, 0.29) is 18.7 Å². The number of nitrogens with two attached hydrogens (primary N) is 1. The molecule has 0 radical (unpaired) electrons. The number of benzene rings is 2. The SMILES string of the molecule is NC(=O)CCN(Cc1ccccc1)C(=O)CCc1ncc(-c2ccccc2)o1. The molecule has 0 fully saturated rings. The van der Waals surface area contributed by atoms with Crippen LogP contribution in [0.1, 0.15) is 24.3 Å². The standard InChI is InChI=1S/C22H23N3O3/c23-20(26)13-14-25(16-17-7-3-1-4-8-17)22(27)12-11-21-24-15-19(28-21)18-9-5-2-6-10-18/h1-10,15H,11-14,16H2,(H2,23,26). The van der Waals surface area contributed by atoms with Gasteiger partial charge in [-0.05, 0) is 5.56 Å². The Morgan fingerprint density at radius 1 is 0.964 bits per heavy atom. The lowest BCUT2D eigenvalue weighted by Gasteiger charge is -2.22. The minimum atomic E-state index is -0.425. The largest absolute Gasteiger partial charge is 0.441 e. The van der Waals surface area contributed by atoms with Crippen molar-refractivity contribution >= 4 is 11.8 Å². The van der Waals surface area contributed by atoms with Gasteiger partial charge in [0.05, 0.1) is 6.20 Å². The molecule has 1 aromatic heterocycles. The number of aromatic nitrogens is 1. The van der Waals surface area contributed by atoms with Gasteiger partial charge in [-0.25, -0.2) is 4.98 Å². The zero-order chi connectivity index (χ0) is 19.8. The van der Waals surface area contributed by atoms with Crippen LogP contribution < -0.4 is 5.73 Å². The van der Waals surface area contributed by atoms with E-state index >= 15 is 0 Å². The maximum atomic E-state index is 12.7. The van der Waals surface area contributed by atoms with Crippen molar-refractivity contribution in [2.45, 2.75) is 25.8 Å². The molecule has 0 aliphatic rings. The average molecular weight is 377 g/mol. The number of hydrogen-bond donors (Lipinski definition) is 1. The molecule has 0 unspecified atom stereocenters. The fourth-order valence-electron chi connectivity index (χ4n) is 2.87. The molecule has 0 spiro atoms. The fourth-order valence-corrected chi connectivity index (χ4v) is 2.87. The third-order valence-corrected chi connectivity index (χ3v) is 4.36. The molecule has 6 heteroatoms.